The number of hydrogen-bond acceptors (Lipinski definition) is 4. The lowest BCUT2D eigenvalue weighted by atomic mass is 10.3. The minimum absolute atomic E-state index is 0.165. The first-order chi connectivity index (χ1) is 13.1. The molecule has 27 heavy (non-hydrogen) atoms. The maximum atomic E-state index is 13.0. The zero-order chi connectivity index (χ0) is 19.1. The van der Waals surface area contributed by atoms with E-state index in [1.807, 2.05) is 42.6 Å². The van der Waals surface area contributed by atoms with Gasteiger partial charge >= 0.3 is 0 Å². The number of amides is 1. The van der Waals surface area contributed by atoms with E-state index in [2.05, 4.69) is 26.2 Å². The Bertz CT molecular complexity index is 908. The monoisotopic (exact) mass is 446 g/mol. The average Bonchev–Trinajstić information content (AvgIpc) is 2.67. The number of halogens is 2. The van der Waals surface area contributed by atoms with Crippen LogP contribution in [0.2, 0.25) is 0 Å². The normalized spacial score (nSPS) is 10.4. The molecule has 0 aliphatic carbocycles. The van der Waals surface area contributed by atoms with E-state index in [1.54, 1.807) is 18.0 Å². The third-order valence-corrected chi connectivity index (χ3v) is 5.22. The van der Waals surface area contributed by atoms with Gasteiger partial charge in [0.15, 0.2) is 6.61 Å². The van der Waals surface area contributed by atoms with E-state index in [4.69, 9.17) is 4.74 Å². The lowest BCUT2D eigenvalue weighted by Crippen LogP contribution is -2.20. The zero-order valence-corrected chi connectivity index (χ0v) is 16.6. The number of carbonyl (C=O) groups excluding carboxylic acids is 1. The molecule has 0 bridgehead atoms. The Morgan fingerprint density at radius 2 is 2.00 bits per heavy atom. The first kappa shape index (κ1) is 19.4. The molecule has 0 saturated heterocycles. The summed E-state index contributed by atoms with van der Waals surface area (Å²) in [5, 5.41) is 2.77. The first-order valence-corrected chi connectivity index (χ1v) is 9.87. The Balaban J connectivity index is 1.48. The molecule has 0 atom stereocenters. The number of nitrogens with one attached hydrogen (secondary N) is 1. The van der Waals surface area contributed by atoms with E-state index >= 15 is 0 Å². The third-order valence-electron chi connectivity index (χ3n) is 3.52. The summed E-state index contributed by atoms with van der Waals surface area (Å²) in [6.07, 6.45) is 3.60. The van der Waals surface area contributed by atoms with Gasteiger partial charge in [-0.05, 0) is 70.0 Å². The Hall–Kier alpha value is -2.38. The Morgan fingerprint density at radius 1 is 1.19 bits per heavy atom. The molecule has 1 N–H and O–H groups in total. The Kier molecular flexibility index (Phi) is 6.84. The minimum atomic E-state index is -0.375. The van der Waals surface area contributed by atoms with Gasteiger partial charge in [0.25, 0.3) is 5.91 Å². The van der Waals surface area contributed by atoms with Crippen LogP contribution in [0.15, 0.2) is 76.4 Å². The molecule has 0 spiro atoms. The molecule has 0 aliphatic heterocycles. The van der Waals surface area contributed by atoms with Crippen molar-refractivity contribution in [3.05, 3.63) is 82.8 Å². The highest BCUT2D eigenvalue weighted by molar-refractivity contribution is 9.10. The zero-order valence-electron chi connectivity index (χ0n) is 14.2. The number of rotatable bonds is 7. The molecule has 138 valence electrons. The summed E-state index contributed by atoms with van der Waals surface area (Å²) < 4.78 is 18.9. The number of benzene rings is 2. The van der Waals surface area contributed by atoms with Crippen molar-refractivity contribution >= 4 is 39.3 Å². The lowest BCUT2D eigenvalue weighted by Gasteiger charge is -2.09. The van der Waals surface area contributed by atoms with Crippen molar-refractivity contribution in [1.82, 2.24) is 4.98 Å². The van der Waals surface area contributed by atoms with Crippen LogP contribution in [0.5, 0.6) is 5.75 Å². The summed E-state index contributed by atoms with van der Waals surface area (Å²) in [5.74, 6) is 0.579. The van der Waals surface area contributed by atoms with Crippen molar-refractivity contribution in [3.63, 3.8) is 0 Å². The van der Waals surface area contributed by atoms with Crippen molar-refractivity contribution in [2.24, 2.45) is 0 Å². The lowest BCUT2D eigenvalue weighted by molar-refractivity contribution is -0.118. The second-order valence-corrected chi connectivity index (χ2v) is 7.49. The minimum Gasteiger partial charge on any atom is -0.483 e. The van der Waals surface area contributed by atoms with Gasteiger partial charge in [0.05, 0.1) is 4.47 Å². The molecule has 3 rings (SSSR count). The number of pyridine rings is 1. The summed E-state index contributed by atoms with van der Waals surface area (Å²) in [6, 6.07) is 15.6. The number of anilines is 1. The maximum absolute atomic E-state index is 13.0. The topological polar surface area (TPSA) is 51.2 Å². The van der Waals surface area contributed by atoms with E-state index in [1.165, 1.54) is 18.2 Å². The fourth-order valence-corrected chi connectivity index (χ4v) is 3.52. The quantitative estimate of drug-likeness (QED) is 0.500. The Morgan fingerprint density at radius 3 is 2.70 bits per heavy atom. The van der Waals surface area contributed by atoms with Crippen molar-refractivity contribution < 1.29 is 13.9 Å². The highest BCUT2D eigenvalue weighted by atomic mass is 79.9. The van der Waals surface area contributed by atoms with Gasteiger partial charge < -0.3 is 10.1 Å². The van der Waals surface area contributed by atoms with Crippen LogP contribution >= 0.6 is 27.7 Å². The van der Waals surface area contributed by atoms with Crippen LogP contribution in [0.1, 0.15) is 5.56 Å². The molecule has 0 fully saturated rings. The van der Waals surface area contributed by atoms with Crippen LogP contribution in [-0.2, 0) is 10.5 Å². The summed E-state index contributed by atoms with van der Waals surface area (Å²) in [7, 11) is 0. The summed E-state index contributed by atoms with van der Waals surface area (Å²) in [4.78, 5) is 17.2. The highest BCUT2D eigenvalue weighted by Crippen LogP contribution is 2.26. The van der Waals surface area contributed by atoms with Gasteiger partial charge in [0.1, 0.15) is 11.6 Å². The number of thioether (sulfide) groups is 1. The van der Waals surface area contributed by atoms with Gasteiger partial charge in [0.2, 0.25) is 0 Å². The predicted octanol–water partition coefficient (Wildman–Crippen LogP) is 5.29. The van der Waals surface area contributed by atoms with E-state index < -0.39 is 0 Å². The maximum Gasteiger partial charge on any atom is 0.262 e. The van der Waals surface area contributed by atoms with Crippen LogP contribution < -0.4 is 10.1 Å². The largest absolute Gasteiger partial charge is 0.483 e. The fourth-order valence-electron chi connectivity index (χ4n) is 2.22. The molecule has 1 amide bonds. The molecule has 1 heterocycles. The van der Waals surface area contributed by atoms with Crippen molar-refractivity contribution in [2.45, 2.75) is 10.6 Å². The predicted molar refractivity (Wildman–Crippen MR) is 108 cm³/mol. The second kappa shape index (κ2) is 9.53. The number of nitrogens with zero attached hydrogens (tertiary/aromatic N) is 1. The molecule has 3 aromatic rings. The fraction of sp³-hybridized carbons (Fsp3) is 0.100. The smallest absolute Gasteiger partial charge is 0.262 e. The molecule has 4 nitrogen and oxygen atoms in total. The van der Waals surface area contributed by atoms with Gasteiger partial charge in [0, 0.05) is 28.7 Å². The molecule has 0 saturated carbocycles. The second-order valence-electron chi connectivity index (χ2n) is 5.59. The molecule has 1 aromatic heterocycles. The molecule has 0 aliphatic rings. The SMILES string of the molecule is O=C(COc1ccc(F)cc1Br)Nc1ccc(SCc2cccnc2)cc1. The summed E-state index contributed by atoms with van der Waals surface area (Å²) >= 11 is 4.90. The van der Waals surface area contributed by atoms with Crippen LogP contribution in [-0.4, -0.2) is 17.5 Å². The van der Waals surface area contributed by atoms with E-state index in [0.717, 1.165) is 16.2 Å². The van der Waals surface area contributed by atoms with Crippen LogP contribution in [0.4, 0.5) is 10.1 Å². The van der Waals surface area contributed by atoms with Crippen molar-refractivity contribution in [2.75, 3.05) is 11.9 Å². The number of aromatic nitrogens is 1. The standard InChI is InChI=1S/C20H16BrFN2O2S/c21-18-10-15(22)3-8-19(18)26-12-20(25)24-16-4-6-17(7-5-16)27-13-14-2-1-9-23-11-14/h1-11H,12-13H2,(H,24,25). The number of ether oxygens (including phenoxy) is 1. The first-order valence-electron chi connectivity index (χ1n) is 8.09. The molecule has 7 heteroatoms. The van der Waals surface area contributed by atoms with Gasteiger partial charge in [-0.1, -0.05) is 6.07 Å². The number of carbonyl (C=O) groups is 1. The van der Waals surface area contributed by atoms with Crippen molar-refractivity contribution in [1.29, 1.82) is 0 Å². The van der Waals surface area contributed by atoms with Crippen LogP contribution in [0.25, 0.3) is 0 Å². The molecular formula is C20H16BrFN2O2S. The molecular weight excluding hydrogens is 431 g/mol. The van der Waals surface area contributed by atoms with Gasteiger partial charge in [-0.15, -0.1) is 11.8 Å². The third kappa shape index (κ3) is 6.08. The van der Waals surface area contributed by atoms with Gasteiger partial charge in [-0.25, -0.2) is 4.39 Å². The van der Waals surface area contributed by atoms with Crippen LogP contribution in [0.3, 0.4) is 0 Å². The van der Waals surface area contributed by atoms with Gasteiger partial charge in [-0.2, -0.15) is 0 Å². The summed E-state index contributed by atoms with van der Waals surface area (Å²) in [6.45, 7) is -0.165. The van der Waals surface area contributed by atoms with Crippen molar-refractivity contribution in [3.8, 4) is 5.75 Å². The van der Waals surface area contributed by atoms with Gasteiger partial charge in [-0.3, -0.25) is 9.78 Å². The van der Waals surface area contributed by atoms with E-state index in [-0.39, 0.29) is 18.3 Å². The van der Waals surface area contributed by atoms with E-state index in [0.29, 0.717) is 15.9 Å². The highest BCUT2D eigenvalue weighted by Gasteiger charge is 2.07. The van der Waals surface area contributed by atoms with E-state index in [9.17, 15) is 9.18 Å². The molecule has 0 unspecified atom stereocenters. The molecule has 0 radical (unpaired) electrons. The molecule has 2 aromatic carbocycles. The summed E-state index contributed by atoms with van der Waals surface area (Å²) in [5.41, 5.74) is 1.84. The number of hydrogen-bond donors (Lipinski definition) is 1. The average molecular weight is 447 g/mol. The Labute approximate surface area is 169 Å². The van der Waals surface area contributed by atoms with Crippen LogP contribution in [0, 0.1) is 5.82 Å².